The molecule has 3 amide bonds. The van der Waals surface area contributed by atoms with Crippen LogP contribution in [-0.2, 0) is 4.79 Å². The number of benzene rings is 2. The molecule has 1 saturated carbocycles. The summed E-state index contributed by atoms with van der Waals surface area (Å²) < 4.78 is 10.7. The van der Waals surface area contributed by atoms with Crippen molar-refractivity contribution in [2.45, 2.75) is 38.1 Å². The standard InChI is InChI=1S/C24H24N4O4/c1-14-4-3-5-15(12-14)21-26-22(32-27-21)16-6-11-19-20(13-16)25-24(30)28(23(19)29)17-7-9-18(31-2)10-8-17/h3-5,7-10,12,16,19-20H,6,11,13H2,1-2H3,(H,25,30). The quantitative estimate of drug-likeness (QED) is 0.668. The molecule has 8 heteroatoms. The maximum absolute atomic E-state index is 13.2. The highest BCUT2D eigenvalue weighted by molar-refractivity contribution is 6.17. The van der Waals surface area contributed by atoms with E-state index in [0.717, 1.165) is 17.5 Å². The summed E-state index contributed by atoms with van der Waals surface area (Å²) in [5.41, 5.74) is 2.57. The van der Waals surface area contributed by atoms with Gasteiger partial charge in [-0.25, -0.2) is 9.69 Å². The summed E-state index contributed by atoms with van der Waals surface area (Å²) in [4.78, 5) is 31.8. The summed E-state index contributed by atoms with van der Waals surface area (Å²) in [6.07, 6.45) is 1.98. The van der Waals surface area contributed by atoms with Crippen LogP contribution in [0.5, 0.6) is 5.75 Å². The molecule has 1 aliphatic heterocycles. The van der Waals surface area contributed by atoms with Gasteiger partial charge in [0.15, 0.2) is 0 Å². The Morgan fingerprint density at radius 3 is 2.69 bits per heavy atom. The summed E-state index contributed by atoms with van der Waals surface area (Å²) in [6, 6.07) is 14.2. The number of imide groups is 1. The second-order valence-electron chi connectivity index (χ2n) is 8.37. The van der Waals surface area contributed by atoms with Crippen molar-refractivity contribution in [2.24, 2.45) is 5.92 Å². The van der Waals surface area contributed by atoms with Crippen LogP contribution in [0.3, 0.4) is 0 Å². The number of carbonyl (C=O) groups excluding carboxylic acids is 2. The third-order valence-electron chi connectivity index (χ3n) is 6.30. The molecule has 0 spiro atoms. The zero-order chi connectivity index (χ0) is 22.2. The Bertz CT molecular complexity index is 1160. The van der Waals surface area contributed by atoms with E-state index in [1.807, 2.05) is 31.2 Å². The molecule has 0 bridgehead atoms. The summed E-state index contributed by atoms with van der Waals surface area (Å²) in [5.74, 6) is 1.34. The van der Waals surface area contributed by atoms with Crippen molar-refractivity contribution in [1.82, 2.24) is 15.5 Å². The lowest BCUT2D eigenvalue weighted by atomic mass is 9.76. The first-order chi connectivity index (χ1) is 15.5. The Morgan fingerprint density at radius 2 is 1.94 bits per heavy atom. The molecule has 3 unspecified atom stereocenters. The summed E-state index contributed by atoms with van der Waals surface area (Å²) in [6.45, 7) is 2.02. The maximum atomic E-state index is 13.2. The molecule has 0 radical (unpaired) electrons. The molecule has 1 saturated heterocycles. The topological polar surface area (TPSA) is 97.6 Å². The van der Waals surface area contributed by atoms with Crippen molar-refractivity contribution in [3.05, 3.63) is 60.0 Å². The van der Waals surface area contributed by atoms with Crippen LogP contribution in [0.1, 0.15) is 36.6 Å². The number of anilines is 1. The number of ether oxygens (including phenoxy) is 1. The molecule has 3 aromatic rings. The van der Waals surface area contributed by atoms with Crippen LogP contribution >= 0.6 is 0 Å². The molecule has 1 aliphatic carbocycles. The van der Waals surface area contributed by atoms with E-state index in [1.54, 1.807) is 31.4 Å². The number of nitrogens with one attached hydrogen (secondary N) is 1. The lowest BCUT2D eigenvalue weighted by Crippen LogP contribution is -2.61. The van der Waals surface area contributed by atoms with Gasteiger partial charge >= 0.3 is 6.03 Å². The number of hydrogen-bond donors (Lipinski definition) is 1. The predicted octanol–water partition coefficient (Wildman–Crippen LogP) is 4.06. The van der Waals surface area contributed by atoms with Gasteiger partial charge in [0.05, 0.1) is 18.7 Å². The number of methoxy groups -OCH3 is 1. The maximum Gasteiger partial charge on any atom is 0.328 e. The zero-order valence-electron chi connectivity index (χ0n) is 17.9. The van der Waals surface area contributed by atoms with Crippen molar-refractivity contribution in [1.29, 1.82) is 0 Å². The van der Waals surface area contributed by atoms with Gasteiger partial charge in [0, 0.05) is 17.5 Å². The van der Waals surface area contributed by atoms with E-state index < -0.39 is 6.03 Å². The SMILES string of the molecule is COc1ccc(N2C(=O)NC3CC(c4nc(-c5cccc(C)c5)no4)CCC3C2=O)cc1. The highest BCUT2D eigenvalue weighted by atomic mass is 16.5. The van der Waals surface area contributed by atoms with E-state index in [4.69, 9.17) is 9.26 Å². The van der Waals surface area contributed by atoms with E-state index in [2.05, 4.69) is 15.5 Å². The monoisotopic (exact) mass is 432 g/mol. The minimum Gasteiger partial charge on any atom is -0.497 e. The summed E-state index contributed by atoms with van der Waals surface area (Å²) in [7, 11) is 1.57. The molecule has 3 atom stereocenters. The van der Waals surface area contributed by atoms with E-state index in [-0.39, 0.29) is 23.8 Å². The van der Waals surface area contributed by atoms with Gasteiger partial charge in [-0.15, -0.1) is 0 Å². The number of urea groups is 1. The number of aromatic nitrogens is 2. The van der Waals surface area contributed by atoms with Gasteiger partial charge in [0.1, 0.15) is 5.75 Å². The van der Waals surface area contributed by atoms with Gasteiger partial charge in [-0.1, -0.05) is 28.9 Å². The molecule has 2 aliphatic rings. The van der Waals surface area contributed by atoms with Crippen LogP contribution in [0.25, 0.3) is 11.4 Å². The van der Waals surface area contributed by atoms with Crippen LogP contribution in [0, 0.1) is 12.8 Å². The first-order valence-corrected chi connectivity index (χ1v) is 10.7. The number of aryl methyl sites for hydroxylation is 1. The Balaban J connectivity index is 1.31. The van der Waals surface area contributed by atoms with E-state index in [0.29, 0.717) is 36.0 Å². The smallest absolute Gasteiger partial charge is 0.328 e. The molecule has 5 rings (SSSR count). The van der Waals surface area contributed by atoms with Gasteiger partial charge in [-0.05, 0) is 56.5 Å². The fourth-order valence-corrected chi connectivity index (χ4v) is 4.62. The molecular formula is C24H24N4O4. The first kappa shape index (κ1) is 20.2. The predicted molar refractivity (Wildman–Crippen MR) is 117 cm³/mol. The minimum atomic E-state index is -0.409. The van der Waals surface area contributed by atoms with E-state index in [1.165, 1.54) is 4.90 Å². The number of fused-ring (bicyclic) bond motifs is 1. The third-order valence-corrected chi connectivity index (χ3v) is 6.30. The molecular weight excluding hydrogens is 408 g/mol. The second kappa shape index (κ2) is 8.11. The normalized spacial score (nSPS) is 22.9. The summed E-state index contributed by atoms with van der Waals surface area (Å²) >= 11 is 0. The molecule has 1 aromatic heterocycles. The summed E-state index contributed by atoms with van der Waals surface area (Å²) in [5, 5.41) is 7.16. The Hall–Kier alpha value is -3.68. The number of hydrogen-bond acceptors (Lipinski definition) is 6. The van der Waals surface area contributed by atoms with Crippen molar-refractivity contribution in [2.75, 3.05) is 12.0 Å². The first-order valence-electron chi connectivity index (χ1n) is 10.7. The zero-order valence-corrected chi connectivity index (χ0v) is 17.9. The average molecular weight is 432 g/mol. The van der Waals surface area contributed by atoms with Gasteiger partial charge in [0.2, 0.25) is 17.6 Å². The molecule has 1 N–H and O–H groups in total. The molecule has 164 valence electrons. The van der Waals surface area contributed by atoms with Crippen LogP contribution in [-0.4, -0.2) is 35.2 Å². The molecule has 32 heavy (non-hydrogen) atoms. The van der Waals surface area contributed by atoms with Crippen LogP contribution in [0.4, 0.5) is 10.5 Å². The molecule has 8 nitrogen and oxygen atoms in total. The number of rotatable bonds is 4. The van der Waals surface area contributed by atoms with E-state index in [9.17, 15) is 9.59 Å². The molecule has 2 fully saturated rings. The fraction of sp³-hybridized carbons (Fsp3) is 0.333. The average Bonchev–Trinajstić information content (AvgIpc) is 3.30. The molecule has 2 heterocycles. The van der Waals surface area contributed by atoms with Gasteiger partial charge in [-0.2, -0.15) is 4.98 Å². The molecule has 2 aromatic carbocycles. The lowest BCUT2D eigenvalue weighted by Gasteiger charge is -2.41. The van der Waals surface area contributed by atoms with Crippen LogP contribution in [0.15, 0.2) is 53.1 Å². The van der Waals surface area contributed by atoms with Crippen molar-refractivity contribution >= 4 is 17.6 Å². The fourth-order valence-electron chi connectivity index (χ4n) is 4.62. The Morgan fingerprint density at radius 1 is 1.12 bits per heavy atom. The highest BCUT2D eigenvalue weighted by Crippen LogP contribution is 2.39. The van der Waals surface area contributed by atoms with Crippen molar-refractivity contribution in [3.8, 4) is 17.1 Å². The second-order valence-corrected chi connectivity index (χ2v) is 8.37. The highest BCUT2D eigenvalue weighted by Gasteiger charge is 2.45. The number of carbonyl (C=O) groups is 2. The van der Waals surface area contributed by atoms with Crippen LogP contribution in [0.2, 0.25) is 0 Å². The van der Waals surface area contributed by atoms with Gasteiger partial charge in [0.25, 0.3) is 0 Å². The third kappa shape index (κ3) is 3.62. The van der Waals surface area contributed by atoms with Gasteiger partial charge in [-0.3, -0.25) is 4.79 Å². The largest absolute Gasteiger partial charge is 0.497 e. The van der Waals surface area contributed by atoms with Crippen molar-refractivity contribution in [3.63, 3.8) is 0 Å². The number of amides is 3. The Labute approximate surface area is 185 Å². The van der Waals surface area contributed by atoms with Crippen molar-refractivity contribution < 1.29 is 18.8 Å². The van der Waals surface area contributed by atoms with E-state index >= 15 is 0 Å². The minimum absolute atomic E-state index is 0.00273. The Kier molecular flexibility index (Phi) is 5.13. The lowest BCUT2D eigenvalue weighted by molar-refractivity contribution is -0.124. The van der Waals surface area contributed by atoms with Crippen LogP contribution < -0.4 is 15.0 Å². The van der Waals surface area contributed by atoms with Gasteiger partial charge < -0.3 is 14.6 Å². The number of nitrogens with zero attached hydrogens (tertiary/aromatic N) is 3.